The van der Waals surface area contributed by atoms with E-state index in [4.69, 9.17) is 4.99 Å². The molecule has 1 aromatic heterocycles. The minimum Gasteiger partial charge on any atom is -0.303 e. The number of halogens is 3. The molecule has 0 unspecified atom stereocenters. The van der Waals surface area contributed by atoms with Gasteiger partial charge in [0.05, 0.1) is 0 Å². The number of pyridine rings is 1. The highest BCUT2D eigenvalue weighted by molar-refractivity contribution is 6.16. The van der Waals surface area contributed by atoms with E-state index >= 15 is 0 Å². The Hall–Kier alpha value is -4.63. The molecule has 1 amide bonds. The fraction of sp³-hybridized carbons (Fsp3) is 0.257. The molecule has 224 valence electrons. The second-order valence-corrected chi connectivity index (χ2v) is 11.2. The van der Waals surface area contributed by atoms with Crippen LogP contribution in [0.3, 0.4) is 0 Å². The van der Waals surface area contributed by atoms with Gasteiger partial charge in [0.25, 0.3) is 5.91 Å². The Labute approximate surface area is 253 Å². The molecule has 0 saturated carbocycles. The van der Waals surface area contributed by atoms with Gasteiger partial charge in [-0.05, 0) is 111 Å². The van der Waals surface area contributed by atoms with Crippen molar-refractivity contribution in [1.29, 1.82) is 0 Å². The van der Waals surface area contributed by atoms with Crippen LogP contribution in [0.4, 0.5) is 13.2 Å². The Morgan fingerprint density at radius 1 is 0.773 bits per heavy atom. The molecular formula is C35H31F3N4O2. The van der Waals surface area contributed by atoms with Crippen LogP contribution in [0.5, 0.6) is 0 Å². The summed E-state index contributed by atoms with van der Waals surface area (Å²) in [4.78, 5) is 40.7. The third-order valence-corrected chi connectivity index (χ3v) is 8.45. The number of amidine groups is 1. The minimum atomic E-state index is -1.53. The van der Waals surface area contributed by atoms with Gasteiger partial charge in [-0.15, -0.1) is 0 Å². The van der Waals surface area contributed by atoms with E-state index in [1.807, 2.05) is 6.07 Å². The summed E-state index contributed by atoms with van der Waals surface area (Å²) in [5.41, 5.74) is 0.461. The van der Waals surface area contributed by atoms with Gasteiger partial charge in [0.1, 0.15) is 23.1 Å². The van der Waals surface area contributed by atoms with E-state index in [2.05, 4.69) is 9.88 Å². The van der Waals surface area contributed by atoms with Crippen LogP contribution in [0.25, 0.3) is 0 Å². The molecule has 1 fully saturated rings. The number of aromatic nitrogens is 1. The molecule has 44 heavy (non-hydrogen) atoms. The number of aliphatic imine (C=N–C) groups is 1. The van der Waals surface area contributed by atoms with Crippen molar-refractivity contribution < 1.29 is 22.8 Å². The number of carbonyl (C=O) groups is 2. The van der Waals surface area contributed by atoms with E-state index in [0.717, 1.165) is 13.1 Å². The van der Waals surface area contributed by atoms with E-state index in [0.29, 0.717) is 60.6 Å². The molecule has 0 spiro atoms. The molecule has 4 aromatic rings. The van der Waals surface area contributed by atoms with Gasteiger partial charge in [0.2, 0.25) is 0 Å². The molecule has 6 nitrogen and oxygen atoms in total. The number of Topliss-reactive ketones (excluding diaryl/α,β-unsaturated/α-hetero) is 1. The predicted molar refractivity (Wildman–Crippen MR) is 161 cm³/mol. The molecule has 6 rings (SSSR count). The lowest BCUT2D eigenvalue weighted by Crippen LogP contribution is -2.43. The molecular weight excluding hydrogens is 565 g/mol. The number of hydrogen-bond donors (Lipinski definition) is 0. The quantitative estimate of drug-likeness (QED) is 0.222. The van der Waals surface area contributed by atoms with Crippen molar-refractivity contribution in [2.45, 2.75) is 24.8 Å². The second-order valence-electron chi connectivity index (χ2n) is 11.2. The number of benzene rings is 3. The molecule has 0 atom stereocenters. The zero-order valence-corrected chi connectivity index (χ0v) is 24.0. The smallest absolute Gasteiger partial charge is 0.265 e. The monoisotopic (exact) mass is 596 g/mol. The van der Waals surface area contributed by atoms with Crippen LogP contribution in [0.15, 0.2) is 102 Å². The van der Waals surface area contributed by atoms with Crippen LogP contribution < -0.4 is 0 Å². The van der Waals surface area contributed by atoms with Gasteiger partial charge in [0.15, 0.2) is 17.2 Å². The summed E-state index contributed by atoms with van der Waals surface area (Å²) in [7, 11) is 0. The fourth-order valence-electron chi connectivity index (χ4n) is 6.10. The first kappa shape index (κ1) is 29.4. The molecule has 0 radical (unpaired) electrons. The number of nitrogens with zero attached hydrogens (tertiary/aromatic N) is 4. The molecule has 0 aliphatic carbocycles. The summed E-state index contributed by atoms with van der Waals surface area (Å²) in [6, 6.07) is 22.4. The highest BCUT2D eigenvalue weighted by atomic mass is 19.1. The number of likely N-dealkylation sites (tertiary alicyclic amines) is 1. The van der Waals surface area contributed by atoms with Crippen molar-refractivity contribution in [1.82, 2.24) is 14.8 Å². The molecule has 3 aromatic carbocycles. The van der Waals surface area contributed by atoms with Crippen molar-refractivity contribution >= 4 is 17.5 Å². The third-order valence-electron chi connectivity index (χ3n) is 8.45. The first-order valence-corrected chi connectivity index (χ1v) is 14.7. The maximum absolute atomic E-state index is 14.5. The molecule has 1 saturated heterocycles. The summed E-state index contributed by atoms with van der Waals surface area (Å²) in [5, 5.41) is 0. The van der Waals surface area contributed by atoms with Crippen LogP contribution in [0, 0.1) is 23.4 Å². The maximum atomic E-state index is 14.5. The van der Waals surface area contributed by atoms with Crippen LogP contribution in [-0.4, -0.2) is 58.5 Å². The number of hydrogen-bond acceptors (Lipinski definition) is 5. The number of carbonyl (C=O) groups excluding carboxylic acids is 2. The Morgan fingerprint density at radius 2 is 1.34 bits per heavy atom. The van der Waals surface area contributed by atoms with Crippen molar-refractivity contribution in [3.63, 3.8) is 0 Å². The van der Waals surface area contributed by atoms with Gasteiger partial charge in [-0.3, -0.25) is 19.5 Å². The van der Waals surface area contributed by atoms with Crippen molar-refractivity contribution in [3.8, 4) is 0 Å². The van der Waals surface area contributed by atoms with Gasteiger partial charge in [-0.25, -0.2) is 18.2 Å². The number of piperidine rings is 1. The van der Waals surface area contributed by atoms with Crippen LogP contribution in [0.2, 0.25) is 0 Å². The molecule has 2 aliphatic rings. The van der Waals surface area contributed by atoms with Gasteiger partial charge in [0, 0.05) is 24.2 Å². The third kappa shape index (κ3) is 5.79. The highest BCUT2D eigenvalue weighted by Crippen LogP contribution is 2.41. The van der Waals surface area contributed by atoms with E-state index < -0.39 is 17.2 Å². The van der Waals surface area contributed by atoms with Crippen molar-refractivity contribution in [3.05, 3.63) is 137 Å². The SMILES string of the molecule is O=C(c1ccc(F)cc1)C1CCN(CCCN2C(=O)C(c3ccc(F)cc3)(c3ccc(F)cc3)N=C2c2ccccn2)CC1. The predicted octanol–water partition coefficient (Wildman–Crippen LogP) is 6.02. The van der Waals surface area contributed by atoms with Crippen LogP contribution >= 0.6 is 0 Å². The van der Waals surface area contributed by atoms with E-state index in [9.17, 15) is 22.8 Å². The highest BCUT2D eigenvalue weighted by Gasteiger charge is 2.51. The molecule has 0 N–H and O–H groups in total. The summed E-state index contributed by atoms with van der Waals surface area (Å²) >= 11 is 0. The lowest BCUT2D eigenvalue weighted by molar-refractivity contribution is -0.130. The van der Waals surface area contributed by atoms with E-state index in [1.165, 1.54) is 72.8 Å². The van der Waals surface area contributed by atoms with Gasteiger partial charge < -0.3 is 4.90 Å². The first-order chi connectivity index (χ1) is 21.3. The molecule has 2 aliphatic heterocycles. The topological polar surface area (TPSA) is 65.9 Å². The second kappa shape index (κ2) is 12.5. The summed E-state index contributed by atoms with van der Waals surface area (Å²) in [6.45, 7) is 2.54. The molecule has 0 bridgehead atoms. The maximum Gasteiger partial charge on any atom is 0.265 e. The van der Waals surface area contributed by atoms with Crippen molar-refractivity contribution in [2.24, 2.45) is 10.9 Å². The van der Waals surface area contributed by atoms with Gasteiger partial charge in [-0.2, -0.15) is 0 Å². The first-order valence-electron chi connectivity index (χ1n) is 14.7. The van der Waals surface area contributed by atoms with Gasteiger partial charge >= 0.3 is 0 Å². The van der Waals surface area contributed by atoms with Crippen LogP contribution in [-0.2, 0) is 10.3 Å². The fourth-order valence-corrected chi connectivity index (χ4v) is 6.10. The standard InChI is InChI=1S/C35H31F3N4O2/c36-28-11-5-24(6-12-28)32(43)25-17-22-41(23-18-25)20-3-21-42-33(31-4-1-2-19-39-31)40-35(34(42)44,26-7-13-29(37)14-8-26)27-9-15-30(38)16-10-27/h1-2,4-16,19,25H,3,17-18,20-23H2. The Kier molecular flexibility index (Phi) is 8.39. The van der Waals surface area contributed by atoms with E-state index in [1.54, 1.807) is 23.2 Å². The van der Waals surface area contributed by atoms with Crippen molar-refractivity contribution in [2.75, 3.05) is 26.2 Å². The lowest BCUT2D eigenvalue weighted by atomic mass is 9.82. The average molecular weight is 597 g/mol. The summed E-state index contributed by atoms with van der Waals surface area (Å²) < 4.78 is 41.2. The van der Waals surface area contributed by atoms with Crippen LogP contribution in [0.1, 0.15) is 46.4 Å². The summed E-state index contributed by atoms with van der Waals surface area (Å²) in [6.07, 6.45) is 3.68. The summed E-state index contributed by atoms with van der Waals surface area (Å²) in [5.74, 6) is -1.23. The number of rotatable bonds is 9. The zero-order valence-electron chi connectivity index (χ0n) is 24.0. The normalized spacial score (nSPS) is 17.1. The molecule has 3 heterocycles. The lowest BCUT2D eigenvalue weighted by Gasteiger charge is -2.32. The Morgan fingerprint density at radius 3 is 1.89 bits per heavy atom. The number of ketones is 1. The Balaban J connectivity index is 1.20. The minimum absolute atomic E-state index is 0.0430. The largest absolute Gasteiger partial charge is 0.303 e. The van der Waals surface area contributed by atoms with Gasteiger partial charge in [-0.1, -0.05) is 30.3 Å². The molecule has 9 heteroatoms. The number of amides is 1. The van der Waals surface area contributed by atoms with E-state index in [-0.39, 0.29) is 23.4 Å². The Bertz CT molecular complexity index is 1610. The zero-order chi connectivity index (χ0) is 30.7. The average Bonchev–Trinajstić information content (AvgIpc) is 3.35.